The van der Waals surface area contributed by atoms with E-state index in [2.05, 4.69) is 18.4 Å². The molecule has 3 N–H and O–H groups in total. The molecule has 0 amide bonds. The van der Waals surface area contributed by atoms with Crippen molar-refractivity contribution in [2.24, 2.45) is 17.7 Å². The molecule has 0 radical (unpaired) electrons. The Kier molecular flexibility index (Phi) is 5.51. The molecule has 0 aromatic heterocycles. The molecule has 18 heavy (non-hydrogen) atoms. The second-order valence-corrected chi connectivity index (χ2v) is 5.81. The zero-order valence-electron chi connectivity index (χ0n) is 11.7. The third kappa shape index (κ3) is 3.48. The molecule has 1 unspecified atom stereocenters. The van der Waals surface area contributed by atoms with Crippen molar-refractivity contribution in [1.29, 1.82) is 0 Å². The number of nitrogens with two attached hydrogens (primary N) is 1. The van der Waals surface area contributed by atoms with Gasteiger partial charge in [0.15, 0.2) is 0 Å². The van der Waals surface area contributed by atoms with Gasteiger partial charge in [-0.25, -0.2) is 5.43 Å². The lowest BCUT2D eigenvalue weighted by Crippen LogP contribution is -2.43. The molecule has 3 nitrogen and oxygen atoms in total. The van der Waals surface area contributed by atoms with Crippen LogP contribution in [0.3, 0.4) is 0 Å². The molecule has 0 aromatic carbocycles. The van der Waals surface area contributed by atoms with Gasteiger partial charge in [0.25, 0.3) is 0 Å². The predicted octanol–water partition coefficient (Wildman–Crippen LogP) is 3.12. The van der Waals surface area contributed by atoms with Crippen molar-refractivity contribution in [2.45, 2.75) is 64.3 Å². The van der Waals surface area contributed by atoms with E-state index < -0.39 is 0 Å². The van der Waals surface area contributed by atoms with E-state index in [0.717, 1.165) is 24.7 Å². The standard InChI is InChI=1S/C15H28N2O/c1-2-3-5-12-7-9-13(10-8-12)15(17-16)14-6-4-11-18-14/h6,12-13,15,17H,2-5,7-11,16H2,1H3. The third-order valence-electron chi connectivity index (χ3n) is 4.55. The second-order valence-electron chi connectivity index (χ2n) is 5.81. The van der Waals surface area contributed by atoms with Crippen LogP contribution in [-0.2, 0) is 4.74 Å². The lowest BCUT2D eigenvalue weighted by atomic mass is 9.76. The second kappa shape index (κ2) is 7.15. The molecule has 1 saturated carbocycles. The van der Waals surface area contributed by atoms with E-state index in [1.807, 2.05) is 0 Å². The van der Waals surface area contributed by atoms with Crippen molar-refractivity contribution in [1.82, 2.24) is 5.43 Å². The van der Waals surface area contributed by atoms with Crippen molar-refractivity contribution < 1.29 is 4.74 Å². The number of rotatable bonds is 6. The van der Waals surface area contributed by atoms with Gasteiger partial charge in [-0.2, -0.15) is 0 Å². The summed E-state index contributed by atoms with van der Waals surface area (Å²) >= 11 is 0. The van der Waals surface area contributed by atoms with Crippen LogP contribution in [0, 0.1) is 11.8 Å². The smallest absolute Gasteiger partial charge is 0.111 e. The van der Waals surface area contributed by atoms with Gasteiger partial charge in [-0.1, -0.05) is 39.0 Å². The van der Waals surface area contributed by atoms with Gasteiger partial charge in [-0.05, 0) is 30.8 Å². The first-order valence-electron chi connectivity index (χ1n) is 7.64. The Morgan fingerprint density at radius 3 is 2.72 bits per heavy atom. The number of nitrogens with one attached hydrogen (secondary N) is 1. The summed E-state index contributed by atoms with van der Waals surface area (Å²) in [6.07, 6.45) is 12.7. The van der Waals surface area contributed by atoms with Gasteiger partial charge in [-0.15, -0.1) is 0 Å². The molecule has 104 valence electrons. The van der Waals surface area contributed by atoms with Crippen LogP contribution < -0.4 is 11.3 Å². The van der Waals surface area contributed by atoms with E-state index in [-0.39, 0.29) is 6.04 Å². The highest BCUT2D eigenvalue weighted by Crippen LogP contribution is 2.35. The molecule has 1 aliphatic heterocycles. The maximum absolute atomic E-state index is 5.73. The van der Waals surface area contributed by atoms with Crippen molar-refractivity contribution in [3.8, 4) is 0 Å². The van der Waals surface area contributed by atoms with Crippen molar-refractivity contribution >= 4 is 0 Å². The molecular formula is C15H28N2O. The Bertz CT molecular complexity index is 270. The van der Waals surface area contributed by atoms with Crippen LogP contribution in [0.4, 0.5) is 0 Å². The molecule has 1 fully saturated rings. The van der Waals surface area contributed by atoms with Crippen LogP contribution in [0.2, 0.25) is 0 Å². The van der Waals surface area contributed by atoms with Gasteiger partial charge in [0, 0.05) is 6.42 Å². The van der Waals surface area contributed by atoms with Gasteiger partial charge in [0.1, 0.15) is 5.76 Å². The summed E-state index contributed by atoms with van der Waals surface area (Å²) in [7, 11) is 0. The summed E-state index contributed by atoms with van der Waals surface area (Å²) in [6.45, 7) is 3.11. The van der Waals surface area contributed by atoms with Gasteiger partial charge in [0.2, 0.25) is 0 Å². The van der Waals surface area contributed by atoms with Crippen molar-refractivity contribution in [2.75, 3.05) is 6.61 Å². The quantitative estimate of drug-likeness (QED) is 0.564. The van der Waals surface area contributed by atoms with Gasteiger partial charge >= 0.3 is 0 Å². The molecule has 1 aliphatic carbocycles. The lowest BCUT2D eigenvalue weighted by molar-refractivity contribution is 0.160. The first-order valence-corrected chi connectivity index (χ1v) is 7.64. The van der Waals surface area contributed by atoms with Crippen LogP contribution in [0.25, 0.3) is 0 Å². The number of hydrogen-bond acceptors (Lipinski definition) is 3. The minimum atomic E-state index is 0.250. The summed E-state index contributed by atoms with van der Waals surface area (Å²) in [5.74, 6) is 8.44. The normalized spacial score (nSPS) is 29.8. The SMILES string of the molecule is CCCCC1CCC(C(NN)C2=CCCO2)CC1. The Morgan fingerprint density at radius 2 is 2.17 bits per heavy atom. The van der Waals surface area contributed by atoms with E-state index in [9.17, 15) is 0 Å². The molecule has 0 saturated heterocycles. The topological polar surface area (TPSA) is 47.3 Å². The van der Waals surface area contributed by atoms with E-state index in [1.165, 1.54) is 44.9 Å². The van der Waals surface area contributed by atoms with E-state index in [1.54, 1.807) is 0 Å². The maximum Gasteiger partial charge on any atom is 0.111 e. The molecule has 0 aromatic rings. The zero-order chi connectivity index (χ0) is 12.8. The van der Waals surface area contributed by atoms with Gasteiger partial charge < -0.3 is 4.74 Å². The minimum absolute atomic E-state index is 0.250. The van der Waals surface area contributed by atoms with Crippen molar-refractivity contribution in [3.63, 3.8) is 0 Å². The fourth-order valence-electron chi connectivity index (χ4n) is 3.41. The van der Waals surface area contributed by atoms with Crippen molar-refractivity contribution in [3.05, 3.63) is 11.8 Å². The molecule has 0 bridgehead atoms. The first-order chi connectivity index (χ1) is 8.85. The van der Waals surface area contributed by atoms with Crippen LogP contribution >= 0.6 is 0 Å². The minimum Gasteiger partial charge on any atom is -0.496 e. The highest BCUT2D eigenvalue weighted by Gasteiger charge is 2.30. The fraction of sp³-hybridized carbons (Fsp3) is 0.867. The Labute approximate surface area is 111 Å². The molecule has 2 rings (SSSR count). The molecular weight excluding hydrogens is 224 g/mol. The molecule has 0 spiro atoms. The predicted molar refractivity (Wildman–Crippen MR) is 74.7 cm³/mol. The van der Waals surface area contributed by atoms with Gasteiger partial charge in [-0.3, -0.25) is 5.84 Å². The van der Waals surface area contributed by atoms with E-state index in [0.29, 0.717) is 5.92 Å². The lowest BCUT2D eigenvalue weighted by Gasteiger charge is -2.33. The maximum atomic E-state index is 5.73. The fourth-order valence-corrected chi connectivity index (χ4v) is 3.41. The third-order valence-corrected chi connectivity index (χ3v) is 4.55. The Balaban J connectivity index is 1.80. The molecule has 1 atom stereocenters. The number of ether oxygens (including phenoxy) is 1. The van der Waals surface area contributed by atoms with Crippen LogP contribution in [0.15, 0.2) is 11.8 Å². The Hall–Kier alpha value is -0.540. The van der Waals surface area contributed by atoms with Crippen LogP contribution in [-0.4, -0.2) is 12.6 Å². The number of hydrogen-bond donors (Lipinski definition) is 2. The highest BCUT2D eigenvalue weighted by atomic mass is 16.5. The Morgan fingerprint density at radius 1 is 1.39 bits per heavy atom. The largest absolute Gasteiger partial charge is 0.496 e. The summed E-state index contributed by atoms with van der Waals surface area (Å²) in [5, 5.41) is 0. The van der Waals surface area contributed by atoms with Crippen LogP contribution in [0.1, 0.15) is 58.3 Å². The highest BCUT2D eigenvalue weighted by molar-refractivity contribution is 5.09. The monoisotopic (exact) mass is 252 g/mol. The molecule has 2 aliphatic rings. The summed E-state index contributed by atoms with van der Waals surface area (Å²) in [6, 6.07) is 0.250. The summed E-state index contributed by atoms with van der Waals surface area (Å²) in [5.41, 5.74) is 2.98. The van der Waals surface area contributed by atoms with E-state index in [4.69, 9.17) is 10.6 Å². The first kappa shape index (κ1) is 13.9. The average Bonchev–Trinajstić information content (AvgIpc) is 2.93. The van der Waals surface area contributed by atoms with E-state index >= 15 is 0 Å². The van der Waals surface area contributed by atoms with Gasteiger partial charge in [0.05, 0.1) is 12.6 Å². The summed E-state index contributed by atoms with van der Waals surface area (Å²) < 4.78 is 5.67. The molecule has 1 heterocycles. The number of hydrazine groups is 1. The zero-order valence-corrected chi connectivity index (χ0v) is 11.7. The number of unbranched alkanes of at least 4 members (excludes halogenated alkanes) is 1. The molecule has 3 heteroatoms. The van der Waals surface area contributed by atoms with Crippen LogP contribution in [0.5, 0.6) is 0 Å². The summed E-state index contributed by atoms with van der Waals surface area (Å²) in [4.78, 5) is 0. The average molecular weight is 252 g/mol.